The van der Waals surface area contributed by atoms with Gasteiger partial charge in [-0.15, -0.1) is 11.3 Å². The molecule has 0 amide bonds. The van der Waals surface area contributed by atoms with E-state index >= 15 is 0 Å². The van der Waals surface area contributed by atoms with E-state index in [9.17, 15) is 14.7 Å². The number of rotatable bonds is 7. The van der Waals surface area contributed by atoms with Crippen molar-refractivity contribution in [2.75, 3.05) is 26.2 Å². The minimum Gasteiger partial charge on any atom is -0.395 e. The molecule has 27 heavy (non-hydrogen) atoms. The van der Waals surface area contributed by atoms with Gasteiger partial charge in [0.1, 0.15) is 4.83 Å². The summed E-state index contributed by atoms with van der Waals surface area (Å²) in [6.45, 7) is 11.5. The van der Waals surface area contributed by atoms with Crippen molar-refractivity contribution < 1.29 is 9.84 Å². The van der Waals surface area contributed by atoms with Gasteiger partial charge in [-0.25, -0.2) is 4.79 Å². The molecule has 0 bridgehead atoms. The van der Waals surface area contributed by atoms with Crippen LogP contribution in [0.5, 0.6) is 0 Å². The van der Waals surface area contributed by atoms with Gasteiger partial charge in [-0.2, -0.15) is 0 Å². The number of thiophene rings is 1. The molecule has 1 aliphatic heterocycles. The molecule has 150 valence electrons. The SMILES string of the molecule is CCN(CC)CCn1c(=O)n(CCO)c(=O)c2c3c(sc21)COC(C)(C)C3. The van der Waals surface area contributed by atoms with Crippen molar-refractivity contribution in [3.8, 4) is 0 Å². The van der Waals surface area contributed by atoms with Crippen LogP contribution in [0.2, 0.25) is 0 Å². The number of hydrogen-bond donors (Lipinski definition) is 1. The van der Waals surface area contributed by atoms with E-state index < -0.39 is 0 Å². The molecule has 0 aromatic carbocycles. The average molecular weight is 396 g/mol. The van der Waals surface area contributed by atoms with Crippen LogP contribution in [0.3, 0.4) is 0 Å². The number of likely N-dealkylation sites (N-methyl/N-ethyl adjacent to an activating group) is 1. The molecular weight excluding hydrogens is 366 g/mol. The summed E-state index contributed by atoms with van der Waals surface area (Å²) in [5.74, 6) is 0. The molecule has 1 aliphatic rings. The second-order valence-electron chi connectivity index (χ2n) is 7.55. The molecule has 3 rings (SSSR count). The van der Waals surface area contributed by atoms with E-state index in [0.717, 1.165) is 34.9 Å². The third kappa shape index (κ3) is 3.76. The van der Waals surface area contributed by atoms with E-state index in [1.807, 2.05) is 13.8 Å². The highest BCUT2D eigenvalue weighted by Crippen LogP contribution is 2.37. The maximum absolute atomic E-state index is 13.1. The fourth-order valence-electron chi connectivity index (χ4n) is 3.68. The smallest absolute Gasteiger partial charge is 0.332 e. The summed E-state index contributed by atoms with van der Waals surface area (Å²) in [5, 5.41) is 9.99. The minimum atomic E-state index is -0.340. The summed E-state index contributed by atoms with van der Waals surface area (Å²) in [5.41, 5.74) is 0.0302. The van der Waals surface area contributed by atoms with Gasteiger partial charge >= 0.3 is 5.69 Å². The Morgan fingerprint density at radius 2 is 1.89 bits per heavy atom. The Hall–Kier alpha value is -1.48. The zero-order valence-electron chi connectivity index (χ0n) is 16.6. The molecule has 0 radical (unpaired) electrons. The Labute approximate surface area is 162 Å². The first-order chi connectivity index (χ1) is 12.8. The molecular formula is C19H29N3O4S. The third-order valence-corrected chi connectivity index (χ3v) is 6.52. The molecule has 0 spiro atoms. The number of nitrogens with zero attached hydrogens (tertiary/aromatic N) is 3. The lowest BCUT2D eigenvalue weighted by Gasteiger charge is -2.29. The van der Waals surface area contributed by atoms with Gasteiger partial charge in [-0.05, 0) is 32.5 Å². The van der Waals surface area contributed by atoms with Crippen LogP contribution in [0.1, 0.15) is 38.1 Å². The minimum absolute atomic E-state index is 0.0173. The zero-order valence-corrected chi connectivity index (χ0v) is 17.4. The molecule has 0 saturated heterocycles. The molecule has 0 atom stereocenters. The summed E-state index contributed by atoms with van der Waals surface area (Å²) in [6, 6.07) is 0. The van der Waals surface area contributed by atoms with Crippen molar-refractivity contribution in [3.05, 3.63) is 31.3 Å². The quantitative estimate of drug-likeness (QED) is 0.767. The summed E-state index contributed by atoms with van der Waals surface area (Å²) in [6.07, 6.45) is 0.644. The fourth-order valence-corrected chi connectivity index (χ4v) is 4.92. The van der Waals surface area contributed by atoms with Gasteiger partial charge in [0.15, 0.2) is 0 Å². The summed E-state index contributed by atoms with van der Waals surface area (Å²) in [7, 11) is 0. The van der Waals surface area contributed by atoms with E-state index in [2.05, 4.69) is 18.7 Å². The Morgan fingerprint density at radius 1 is 1.19 bits per heavy atom. The second kappa shape index (κ2) is 7.87. The van der Waals surface area contributed by atoms with Gasteiger partial charge in [0.25, 0.3) is 5.56 Å². The number of ether oxygens (including phenoxy) is 1. The number of aliphatic hydroxyl groups excluding tert-OH is 1. The standard InChI is InChI=1S/C19H29N3O4S/c1-5-20(6-2)7-8-22-17-15(16(24)21(9-10-23)18(22)25)13-11-19(3,4)26-12-14(13)27-17/h23H,5-12H2,1-4H3. The van der Waals surface area contributed by atoms with Gasteiger partial charge < -0.3 is 14.7 Å². The molecule has 7 nitrogen and oxygen atoms in total. The molecule has 2 aromatic heterocycles. The summed E-state index contributed by atoms with van der Waals surface area (Å²) in [4.78, 5) is 30.1. The lowest BCUT2D eigenvalue weighted by molar-refractivity contribution is -0.0379. The van der Waals surface area contributed by atoms with Gasteiger partial charge in [0.05, 0.1) is 30.7 Å². The molecule has 1 N–H and O–H groups in total. The second-order valence-corrected chi connectivity index (χ2v) is 8.63. The molecule has 0 aliphatic carbocycles. The van der Waals surface area contributed by atoms with Crippen molar-refractivity contribution in [3.63, 3.8) is 0 Å². The van der Waals surface area contributed by atoms with Crippen LogP contribution in [0.4, 0.5) is 0 Å². The largest absolute Gasteiger partial charge is 0.395 e. The Kier molecular flexibility index (Phi) is 5.90. The van der Waals surface area contributed by atoms with Crippen LogP contribution in [0, 0.1) is 0 Å². The average Bonchev–Trinajstić information content (AvgIpc) is 2.99. The molecule has 3 heterocycles. The molecule has 0 unspecified atom stereocenters. The van der Waals surface area contributed by atoms with E-state index in [-0.39, 0.29) is 30.0 Å². The highest BCUT2D eigenvalue weighted by atomic mass is 32.1. The number of hydrogen-bond acceptors (Lipinski definition) is 6. The third-order valence-electron chi connectivity index (χ3n) is 5.29. The van der Waals surface area contributed by atoms with Crippen molar-refractivity contribution in [2.45, 2.75) is 59.4 Å². The van der Waals surface area contributed by atoms with Crippen molar-refractivity contribution in [2.24, 2.45) is 0 Å². The highest BCUT2D eigenvalue weighted by molar-refractivity contribution is 7.18. The topological polar surface area (TPSA) is 76.7 Å². The fraction of sp³-hybridized carbons (Fsp3) is 0.684. The monoisotopic (exact) mass is 395 g/mol. The van der Waals surface area contributed by atoms with Gasteiger partial charge in [0, 0.05) is 24.4 Å². The lowest BCUT2D eigenvalue weighted by Crippen LogP contribution is -2.42. The molecule has 0 saturated carbocycles. The van der Waals surface area contributed by atoms with Gasteiger partial charge in [-0.3, -0.25) is 13.9 Å². The summed E-state index contributed by atoms with van der Waals surface area (Å²) < 4.78 is 8.80. The van der Waals surface area contributed by atoms with Crippen LogP contribution in [-0.4, -0.2) is 51.0 Å². The van der Waals surface area contributed by atoms with E-state index in [1.54, 1.807) is 4.57 Å². The molecule has 2 aromatic rings. The van der Waals surface area contributed by atoms with Crippen molar-refractivity contribution in [1.82, 2.24) is 14.0 Å². The van der Waals surface area contributed by atoms with Crippen molar-refractivity contribution in [1.29, 1.82) is 0 Å². The maximum atomic E-state index is 13.1. The van der Waals surface area contributed by atoms with Crippen LogP contribution in [-0.2, 0) is 30.9 Å². The zero-order chi connectivity index (χ0) is 19.8. The molecule has 0 fully saturated rings. The van der Waals surface area contributed by atoms with E-state index in [4.69, 9.17) is 4.74 Å². The van der Waals surface area contributed by atoms with Crippen molar-refractivity contribution >= 4 is 21.6 Å². The first-order valence-electron chi connectivity index (χ1n) is 9.58. The van der Waals surface area contributed by atoms with Crippen LogP contribution < -0.4 is 11.2 Å². The first kappa shape index (κ1) is 20.3. The Morgan fingerprint density at radius 3 is 2.52 bits per heavy atom. The van der Waals surface area contributed by atoms with Crippen LogP contribution in [0.15, 0.2) is 9.59 Å². The lowest BCUT2D eigenvalue weighted by atomic mass is 9.94. The number of aliphatic hydroxyl groups is 1. The van der Waals surface area contributed by atoms with E-state index in [1.165, 1.54) is 15.9 Å². The maximum Gasteiger partial charge on any atom is 0.332 e. The summed E-state index contributed by atoms with van der Waals surface area (Å²) >= 11 is 1.49. The molecule has 8 heteroatoms. The van der Waals surface area contributed by atoms with Gasteiger partial charge in [-0.1, -0.05) is 13.8 Å². The van der Waals surface area contributed by atoms with E-state index in [0.29, 0.717) is 25.0 Å². The predicted octanol–water partition coefficient (Wildman–Crippen LogP) is 1.41. The van der Waals surface area contributed by atoms with Crippen LogP contribution >= 0.6 is 11.3 Å². The normalized spacial score (nSPS) is 16.2. The predicted molar refractivity (Wildman–Crippen MR) is 108 cm³/mol. The highest BCUT2D eigenvalue weighted by Gasteiger charge is 2.31. The Balaban J connectivity index is 2.20. The van der Waals surface area contributed by atoms with Gasteiger partial charge in [0.2, 0.25) is 0 Å². The Bertz CT molecular complexity index is 937. The first-order valence-corrected chi connectivity index (χ1v) is 10.4. The van der Waals surface area contributed by atoms with Crippen LogP contribution in [0.25, 0.3) is 10.2 Å². The number of fused-ring (bicyclic) bond motifs is 3. The number of aromatic nitrogens is 2.